The van der Waals surface area contributed by atoms with Crippen LogP contribution in [0.2, 0.25) is 0 Å². The van der Waals surface area contributed by atoms with Crippen LogP contribution in [0.15, 0.2) is 41.3 Å². The Hall–Kier alpha value is -2.48. The molecule has 1 amide bonds. The van der Waals surface area contributed by atoms with Gasteiger partial charge >= 0.3 is 5.97 Å². The second kappa shape index (κ2) is 8.68. The summed E-state index contributed by atoms with van der Waals surface area (Å²) in [6.45, 7) is 4.41. The fourth-order valence-corrected chi connectivity index (χ4v) is 2.90. The van der Waals surface area contributed by atoms with Crippen LogP contribution in [-0.4, -0.2) is 30.3 Å². The average molecular weight is 411 g/mol. The summed E-state index contributed by atoms with van der Waals surface area (Å²) in [6.07, 6.45) is 1.82. The number of carbonyl (C=O) groups is 2. The van der Waals surface area contributed by atoms with E-state index in [9.17, 15) is 22.8 Å². The molecule has 0 radical (unpaired) electrons. The molecule has 0 spiro atoms. The minimum atomic E-state index is -1.35. The van der Waals surface area contributed by atoms with Crippen molar-refractivity contribution < 1.29 is 27.5 Å². The lowest BCUT2D eigenvalue weighted by molar-refractivity contribution is -0.152. The van der Waals surface area contributed by atoms with E-state index >= 15 is 0 Å². The molecule has 0 atom stereocenters. The highest BCUT2D eigenvalue weighted by atomic mass is 32.2. The standard InChI is InChI=1S/C20H20F3NO3S/c1-20(2,3)27-17(25)11-24(13-6-5-7-14(10-13)28-4)19(26)18-15(22)8-12(21)9-16(18)23/h5-10H,11H2,1-4H3. The van der Waals surface area contributed by atoms with Gasteiger partial charge in [-0.3, -0.25) is 14.5 Å². The van der Waals surface area contributed by atoms with Crippen molar-refractivity contribution in [2.75, 3.05) is 17.7 Å². The molecule has 0 aliphatic carbocycles. The van der Waals surface area contributed by atoms with E-state index in [2.05, 4.69) is 0 Å². The monoisotopic (exact) mass is 411 g/mol. The lowest BCUT2D eigenvalue weighted by atomic mass is 10.1. The SMILES string of the molecule is CSc1cccc(N(CC(=O)OC(C)(C)C)C(=O)c2c(F)cc(F)cc2F)c1. The van der Waals surface area contributed by atoms with Crippen molar-refractivity contribution in [1.29, 1.82) is 0 Å². The van der Waals surface area contributed by atoms with E-state index in [0.29, 0.717) is 12.1 Å². The molecule has 2 rings (SSSR count). The van der Waals surface area contributed by atoms with Gasteiger partial charge in [0, 0.05) is 22.7 Å². The van der Waals surface area contributed by atoms with Gasteiger partial charge in [0.05, 0.1) is 0 Å². The van der Waals surface area contributed by atoms with Gasteiger partial charge in [-0.15, -0.1) is 11.8 Å². The number of thioether (sulfide) groups is 1. The number of esters is 1. The first-order valence-electron chi connectivity index (χ1n) is 8.34. The Morgan fingerprint density at radius 1 is 1.07 bits per heavy atom. The summed E-state index contributed by atoms with van der Waals surface area (Å²) in [5.74, 6) is -5.71. The number of amides is 1. The molecule has 0 saturated carbocycles. The number of nitrogens with zero attached hydrogens (tertiary/aromatic N) is 1. The summed E-state index contributed by atoms with van der Waals surface area (Å²) in [6, 6.07) is 7.39. The quantitative estimate of drug-likeness (QED) is 0.523. The van der Waals surface area contributed by atoms with Crippen molar-refractivity contribution in [2.24, 2.45) is 0 Å². The minimum absolute atomic E-state index is 0.255. The normalized spacial score (nSPS) is 11.2. The van der Waals surface area contributed by atoms with Crippen molar-refractivity contribution in [3.05, 3.63) is 59.4 Å². The molecule has 0 aromatic heterocycles. The Kier molecular flexibility index (Phi) is 6.77. The fraction of sp³-hybridized carbons (Fsp3) is 0.300. The van der Waals surface area contributed by atoms with Crippen molar-refractivity contribution in [3.63, 3.8) is 0 Å². The number of rotatable bonds is 5. The number of hydrogen-bond donors (Lipinski definition) is 0. The Morgan fingerprint density at radius 3 is 2.21 bits per heavy atom. The predicted octanol–water partition coefficient (Wildman–Crippen LogP) is 4.81. The van der Waals surface area contributed by atoms with E-state index in [1.165, 1.54) is 17.8 Å². The van der Waals surface area contributed by atoms with E-state index in [1.807, 2.05) is 6.26 Å². The zero-order chi connectivity index (χ0) is 21.1. The van der Waals surface area contributed by atoms with Gasteiger partial charge in [-0.25, -0.2) is 13.2 Å². The Bertz CT molecular complexity index is 874. The van der Waals surface area contributed by atoms with Gasteiger partial charge in [-0.1, -0.05) is 6.07 Å². The second-order valence-electron chi connectivity index (χ2n) is 6.92. The molecule has 0 unspecified atom stereocenters. The summed E-state index contributed by atoms with van der Waals surface area (Å²) in [5, 5.41) is 0. The second-order valence-corrected chi connectivity index (χ2v) is 7.80. The topological polar surface area (TPSA) is 46.6 Å². The van der Waals surface area contributed by atoms with E-state index in [4.69, 9.17) is 4.74 Å². The van der Waals surface area contributed by atoms with Gasteiger partial charge in [-0.05, 0) is 45.2 Å². The summed E-state index contributed by atoms with van der Waals surface area (Å²) >= 11 is 1.39. The van der Waals surface area contributed by atoms with E-state index in [0.717, 1.165) is 9.80 Å². The first-order chi connectivity index (χ1) is 13.0. The van der Waals surface area contributed by atoms with Crippen LogP contribution < -0.4 is 4.90 Å². The van der Waals surface area contributed by atoms with Gasteiger partial charge in [0.1, 0.15) is 35.2 Å². The Labute approximate surface area is 165 Å². The number of benzene rings is 2. The first kappa shape index (κ1) is 21.8. The van der Waals surface area contributed by atoms with Crippen LogP contribution in [0.25, 0.3) is 0 Å². The average Bonchev–Trinajstić information content (AvgIpc) is 2.57. The molecule has 0 aliphatic rings. The highest BCUT2D eigenvalue weighted by Gasteiger charge is 2.29. The molecule has 0 heterocycles. The summed E-state index contributed by atoms with van der Waals surface area (Å²) in [7, 11) is 0. The number of hydrogen-bond acceptors (Lipinski definition) is 4. The Morgan fingerprint density at radius 2 is 1.68 bits per heavy atom. The zero-order valence-corrected chi connectivity index (χ0v) is 16.7. The van der Waals surface area contributed by atoms with Gasteiger partial charge < -0.3 is 4.74 Å². The van der Waals surface area contributed by atoms with Crippen LogP contribution >= 0.6 is 11.8 Å². The largest absolute Gasteiger partial charge is 0.459 e. The molecule has 0 N–H and O–H groups in total. The lowest BCUT2D eigenvalue weighted by Crippen LogP contribution is -2.39. The van der Waals surface area contributed by atoms with Gasteiger partial charge in [-0.2, -0.15) is 0 Å². The summed E-state index contributed by atoms with van der Waals surface area (Å²) in [5.41, 5.74) is -1.50. The third-order valence-electron chi connectivity index (χ3n) is 3.54. The van der Waals surface area contributed by atoms with E-state index < -0.39 is 47.0 Å². The third-order valence-corrected chi connectivity index (χ3v) is 4.26. The summed E-state index contributed by atoms with van der Waals surface area (Å²) in [4.78, 5) is 26.9. The molecule has 4 nitrogen and oxygen atoms in total. The Balaban J connectivity index is 2.48. The van der Waals surface area contributed by atoms with Crippen LogP contribution in [-0.2, 0) is 9.53 Å². The van der Waals surface area contributed by atoms with Gasteiger partial charge in [0.25, 0.3) is 5.91 Å². The first-order valence-corrected chi connectivity index (χ1v) is 9.56. The number of carbonyl (C=O) groups excluding carboxylic acids is 2. The van der Waals surface area contributed by atoms with E-state index in [-0.39, 0.29) is 5.69 Å². The minimum Gasteiger partial charge on any atom is -0.459 e. The van der Waals surface area contributed by atoms with Crippen molar-refractivity contribution in [3.8, 4) is 0 Å². The summed E-state index contributed by atoms with van der Waals surface area (Å²) < 4.78 is 46.7. The van der Waals surface area contributed by atoms with Crippen molar-refractivity contribution >= 4 is 29.3 Å². The molecule has 2 aromatic carbocycles. The van der Waals surface area contributed by atoms with E-state index in [1.54, 1.807) is 39.0 Å². The van der Waals surface area contributed by atoms with Crippen LogP contribution in [0.1, 0.15) is 31.1 Å². The molecule has 0 bridgehead atoms. The van der Waals surface area contributed by atoms with Crippen molar-refractivity contribution in [2.45, 2.75) is 31.3 Å². The van der Waals surface area contributed by atoms with Crippen LogP contribution in [0.5, 0.6) is 0 Å². The fourth-order valence-electron chi connectivity index (χ4n) is 2.44. The maximum atomic E-state index is 14.1. The number of halogens is 3. The molecule has 2 aromatic rings. The maximum absolute atomic E-state index is 14.1. The highest BCUT2D eigenvalue weighted by molar-refractivity contribution is 7.98. The molecule has 0 aliphatic heterocycles. The maximum Gasteiger partial charge on any atom is 0.326 e. The number of anilines is 1. The molecule has 28 heavy (non-hydrogen) atoms. The predicted molar refractivity (Wildman–Crippen MR) is 102 cm³/mol. The molecular formula is C20H20F3NO3S. The van der Waals surface area contributed by atoms with Crippen LogP contribution in [0, 0.1) is 17.5 Å². The molecule has 0 fully saturated rings. The zero-order valence-electron chi connectivity index (χ0n) is 15.9. The third kappa shape index (κ3) is 5.51. The number of ether oxygens (including phenoxy) is 1. The molecule has 150 valence electrons. The van der Waals surface area contributed by atoms with Crippen LogP contribution in [0.3, 0.4) is 0 Å². The molecule has 8 heteroatoms. The van der Waals surface area contributed by atoms with Crippen molar-refractivity contribution in [1.82, 2.24) is 0 Å². The molecule has 0 saturated heterocycles. The smallest absolute Gasteiger partial charge is 0.326 e. The highest BCUT2D eigenvalue weighted by Crippen LogP contribution is 2.26. The lowest BCUT2D eigenvalue weighted by Gasteiger charge is -2.26. The van der Waals surface area contributed by atoms with Gasteiger partial charge in [0.2, 0.25) is 0 Å². The molecular weight excluding hydrogens is 391 g/mol. The van der Waals surface area contributed by atoms with Gasteiger partial charge in [0.15, 0.2) is 0 Å². The van der Waals surface area contributed by atoms with Crippen LogP contribution in [0.4, 0.5) is 18.9 Å².